The molecule has 0 amide bonds. The first-order valence-electron chi connectivity index (χ1n) is 6.33. The molecule has 1 fully saturated rings. The Morgan fingerprint density at radius 2 is 2.00 bits per heavy atom. The van der Waals surface area contributed by atoms with E-state index in [2.05, 4.69) is 4.72 Å². The van der Waals surface area contributed by atoms with Crippen LogP contribution in [-0.4, -0.2) is 20.5 Å². The van der Waals surface area contributed by atoms with E-state index in [1.165, 1.54) is 0 Å². The molecule has 1 aromatic rings. The normalized spacial score (nSPS) is 25.0. The number of nitrogens with one attached hydrogen (secondary N) is 1. The minimum atomic E-state index is -3.45. The van der Waals surface area contributed by atoms with E-state index < -0.39 is 10.0 Å². The SMILES string of the molecule is Cc1cccc(S(=O)(=O)N[C@@H]2CCCC[C@H]2N)c1. The molecule has 0 radical (unpaired) electrons. The summed E-state index contributed by atoms with van der Waals surface area (Å²) in [6.45, 7) is 1.88. The second kappa shape index (κ2) is 5.38. The summed E-state index contributed by atoms with van der Waals surface area (Å²) in [5.41, 5.74) is 6.90. The van der Waals surface area contributed by atoms with Crippen molar-refractivity contribution in [2.45, 2.75) is 49.6 Å². The highest BCUT2D eigenvalue weighted by Gasteiger charge is 2.27. The fraction of sp³-hybridized carbons (Fsp3) is 0.538. The van der Waals surface area contributed by atoms with Crippen LogP contribution in [0.25, 0.3) is 0 Å². The molecule has 0 spiro atoms. The highest BCUT2D eigenvalue weighted by molar-refractivity contribution is 7.89. The summed E-state index contributed by atoms with van der Waals surface area (Å²) in [5.74, 6) is 0. The molecule has 0 aromatic heterocycles. The summed E-state index contributed by atoms with van der Waals surface area (Å²) < 4.78 is 27.2. The van der Waals surface area contributed by atoms with Crippen LogP contribution in [0.3, 0.4) is 0 Å². The Kier molecular flexibility index (Phi) is 4.04. The summed E-state index contributed by atoms with van der Waals surface area (Å²) in [5, 5.41) is 0. The Labute approximate surface area is 109 Å². The largest absolute Gasteiger partial charge is 0.326 e. The molecule has 18 heavy (non-hydrogen) atoms. The maximum absolute atomic E-state index is 12.2. The topological polar surface area (TPSA) is 72.2 Å². The van der Waals surface area contributed by atoms with E-state index in [9.17, 15) is 8.42 Å². The van der Waals surface area contributed by atoms with Gasteiger partial charge >= 0.3 is 0 Å². The lowest BCUT2D eigenvalue weighted by Crippen LogP contribution is -2.49. The van der Waals surface area contributed by atoms with Crippen molar-refractivity contribution in [3.63, 3.8) is 0 Å². The van der Waals surface area contributed by atoms with Crippen molar-refractivity contribution in [2.24, 2.45) is 5.73 Å². The van der Waals surface area contributed by atoms with Gasteiger partial charge in [0, 0.05) is 12.1 Å². The molecule has 100 valence electrons. The first kappa shape index (κ1) is 13.5. The predicted molar refractivity (Wildman–Crippen MR) is 71.7 cm³/mol. The maximum atomic E-state index is 12.2. The Hall–Kier alpha value is -0.910. The van der Waals surface area contributed by atoms with E-state index in [0.29, 0.717) is 4.90 Å². The third-order valence-corrected chi connectivity index (χ3v) is 4.91. The third-order valence-electron chi connectivity index (χ3n) is 3.43. The minimum absolute atomic E-state index is 0.0710. The van der Waals surface area contributed by atoms with Crippen LogP contribution in [0.1, 0.15) is 31.2 Å². The van der Waals surface area contributed by atoms with Gasteiger partial charge in [-0.3, -0.25) is 0 Å². The number of benzene rings is 1. The molecule has 1 aromatic carbocycles. The summed E-state index contributed by atoms with van der Waals surface area (Å²) in [4.78, 5) is 0.320. The molecule has 1 aliphatic rings. The average molecular weight is 268 g/mol. The van der Waals surface area contributed by atoms with E-state index in [-0.39, 0.29) is 12.1 Å². The van der Waals surface area contributed by atoms with Crippen LogP contribution in [0.2, 0.25) is 0 Å². The number of hydrogen-bond acceptors (Lipinski definition) is 3. The Morgan fingerprint density at radius 3 is 2.67 bits per heavy atom. The van der Waals surface area contributed by atoms with Gasteiger partial charge in [0.25, 0.3) is 0 Å². The second-order valence-electron chi connectivity index (χ2n) is 4.99. The van der Waals surface area contributed by atoms with Gasteiger partial charge in [-0.2, -0.15) is 0 Å². The number of sulfonamides is 1. The lowest BCUT2D eigenvalue weighted by Gasteiger charge is -2.29. The van der Waals surface area contributed by atoms with Gasteiger partial charge in [-0.05, 0) is 37.5 Å². The summed E-state index contributed by atoms with van der Waals surface area (Å²) in [6, 6.07) is 6.72. The van der Waals surface area contributed by atoms with Crippen LogP contribution in [0.15, 0.2) is 29.2 Å². The second-order valence-corrected chi connectivity index (χ2v) is 6.71. The lowest BCUT2D eigenvalue weighted by atomic mass is 9.92. The van der Waals surface area contributed by atoms with E-state index in [1.54, 1.807) is 18.2 Å². The van der Waals surface area contributed by atoms with Gasteiger partial charge in [0.15, 0.2) is 0 Å². The van der Waals surface area contributed by atoms with Crippen LogP contribution in [0.5, 0.6) is 0 Å². The Morgan fingerprint density at radius 1 is 1.28 bits per heavy atom. The van der Waals surface area contributed by atoms with E-state index in [0.717, 1.165) is 31.2 Å². The zero-order valence-corrected chi connectivity index (χ0v) is 11.4. The summed E-state index contributed by atoms with van der Waals surface area (Å²) in [6.07, 6.45) is 3.84. The van der Waals surface area contributed by atoms with Crippen LogP contribution < -0.4 is 10.5 Å². The molecule has 5 heteroatoms. The van der Waals surface area contributed by atoms with Crippen molar-refractivity contribution < 1.29 is 8.42 Å². The van der Waals surface area contributed by atoms with Gasteiger partial charge in [0.05, 0.1) is 4.90 Å². The highest BCUT2D eigenvalue weighted by Crippen LogP contribution is 2.19. The standard InChI is InChI=1S/C13H20N2O2S/c1-10-5-4-6-11(9-10)18(16,17)15-13-8-3-2-7-12(13)14/h4-6,9,12-13,15H,2-3,7-8,14H2,1H3/t12-,13-/m1/s1. The molecule has 0 saturated heterocycles. The molecule has 2 rings (SSSR count). The number of nitrogens with two attached hydrogens (primary N) is 1. The molecule has 0 bridgehead atoms. The van der Waals surface area contributed by atoms with Gasteiger partial charge in [-0.25, -0.2) is 13.1 Å². The zero-order chi connectivity index (χ0) is 13.2. The fourth-order valence-corrected chi connectivity index (χ4v) is 3.78. The van der Waals surface area contributed by atoms with E-state index in [4.69, 9.17) is 5.73 Å². The smallest absolute Gasteiger partial charge is 0.240 e. The molecule has 0 unspecified atom stereocenters. The number of aryl methyl sites for hydroxylation is 1. The molecule has 3 N–H and O–H groups in total. The predicted octanol–water partition coefficient (Wildman–Crippen LogP) is 1.54. The highest BCUT2D eigenvalue weighted by atomic mass is 32.2. The zero-order valence-electron chi connectivity index (χ0n) is 10.6. The van der Waals surface area contributed by atoms with Gasteiger partial charge in [0.1, 0.15) is 0 Å². The van der Waals surface area contributed by atoms with Crippen LogP contribution >= 0.6 is 0 Å². The third kappa shape index (κ3) is 3.10. The van der Waals surface area contributed by atoms with Crippen LogP contribution in [-0.2, 0) is 10.0 Å². The van der Waals surface area contributed by atoms with Crippen molar-refractivity contribution in [2.75, 3.05) is 0 Å². The fourth-order valence-electron chi connectivity index (χ4n) is 2.36. The van der Waals surface area contributed by atoms with Crippen molar-refractivity contribution in [3.8, 4) is 0 Å². The van der Waals surface area contributed by atoms with E-state index in [1.807, 2.05) is 13.0 Å². The molecule has 1 aliphatic carbocycles. The maximum Gasteiger partial charge on any atom is 0.240 e. The van der Waals surface area contributed by atoms with Crippen molar-refractivity contribution in [1.82, 2.24) is 4.72 Å². The average Bonchev–Trinajstić information content (AvgIpc) is 2.32. The van der Waals surface area contributed by atoms with Gasteiger partial charge in [0.2, 0.25) is 10.0 Å². The Balaban J connectivity index is 2.16. The van der Waals surface area contributed by atoms with Crippen molar-refractivity contribution in [3.05, 3.63) is 29.8 Å². The molecule has 2 atom stereocenters. The number of rotatable bonds is 3. The Bertz CT molecular complexity index is 513. The van der Waals surface area contributed by atoms with Crippen LogP contribution in [0.4, 0.5) is 0 Å². The van der Waals surface area contributed by atoms with Crippen molar-refractivity contribution in [1.29, 1.82) is 0 Å². The summed E-state index contributed by atoms with van der Waals surface area (Å²) in [7, 11) is -3.45. The van der Waals surface area contributed by atoms with Gasteiger partial charge < -0.3 is 5.73 Å². The minimum Gasteiger partial charge on any atom is -0.326 e. The quantitative estimate of drug-likeness (QED) is 0.873. The molecule has 1 saturated carbocycles. The number of hydrogen-bond donors (Lipinski definition) is 2. The first-order chi connectivity index (χ1) is 8.49. The first-order valence-corrected chi connectivity index (χ1v) is 7.82. The van der Waals surface area contributed by atoms with Crippen molar-refractivity contribution >= 4 is 10.0 Å². The molecule has 4 nitrogen and oxygen atoms in total. The molecular formula is C13H20N2O2S. The van der Waals surface area contributed by atoms with Gasteiger partial charge in [-0.15, -0.1) is 0 Å². The molecule has 0 heterocycles. The monoisotopic (exact) mass is 268 g/mol. The van der Waals surface area contributed by atoms with Gasteiger partial charge in [-0.1, -0.05) is 25.0 Å². The van der Waals surface area contributed by atoms with E-state index >= 15 is 0 Å². The van der Waals surface area contributed by atoms with Crippen LogP contribution in [0, 0.1) is 6.92 Å². The lowest BCUT2D eigenvalue weighted by molar-refractivity contribution is 0.361. The molecular weight excluding hydrogens is 248 g/mol. The molecule has 0 aliphatic heterocycles. The summed E-state index contributed by atoms with van der Waals surface area (Å²) >= 11 is 0.